The summed E-state index contributed by atoms with van der Waals surface area (Å²) in [4.78, 5) is 7.96. The predicted molar refractivity (Wildman–Crippen MR) is 420 cm³/mol. The van der Waals surface area contributed by atoms with E-state index < -0.39 is 0 Å². The zero-order valence-electron chi connectivity index (χ0n) is 55.7. The smallest absolute Gasteiger partial charge is 0.256 e. The maximum absolute atomic E-state index is 7.32. The van der Waals surface area contributed by atoms with Crippen molar-refractivity contribution < 1.29 is 4.74 Å². The van der Waals surface area contributed by atoms with E-state index in [9.17, 15) is 0 Å². The molecule has 0 atom stereocenters. The van der Waals surface area contributed by atoms with Gasteiger partial charge in [-0.15, -0.1) is 0 Å². The van der Waals surface area contributed by atoms with Gasteiger partial charge in [-0.1, -0.05) is 272 Å². The first-order chi connectivity index (χ1) is 47.9. The fourth-order valence-corrected chi connectivity index (χ4v) is 17.4. The third-order valence-corrected chi connectivity index (χ3v) is 21.9. The maximum atomic E-state index is 7.32. The summed E-state index contributed by atoms with van der Waals surface area (Å²) in [5, 5.41) is 15.0. The Morgan fingerprint density at radius 3 is 1.15 bits per heavy atom. The summed E-state index contributed by atoms with van der Waals surface area (Å²) >= 11 is 0. The van der Waals surface area contributed by atoms with Gasteiger partial charge in [0.2, 0.25) is 0 Å². The molecule has 4 aliphatic heterocycles. The molecular formula is C92H67B2N3O. The van der Waals surface area contributed by atoms with Crippen molar-refractivity contribution in [3.05, 3.63) is 308 Å². The molecule has 6 heteroatoms. The standard InChI is InChI=1S/C92H67B2N3O/c1-91(2,3)58-48-83-88-84(49-58)97(90-62(56-26-9-7-10-27-56)38-25-39-63(90)57-28-11-8-12-29-57)82-55-81-78(54-79(82)93(88)76-40-21-23-42-80(76)95(83)60-44-46-72-68-34-15-13-30-64(68)66-32-17-19-36-70(66)74(72)52-60)94-77-41-22-24-43-86(77)98-87-51-59(92(4,5)6)50-85(89(87)94)96(81)61-45-47-73-69-35-16-14-31-65(69)67-33-18-20-37-71(67)75(73)53-61/h7-55H,1-6H3. The predicted octanol–water partition coefficient (Wildman–Crippen LogP) is 21.0. The monoisotopic (exact) mass is 1250 g/mol. The Labute approximate surface area is 572 Å². The zero-order valence-corrected chi connectivity index (χ0v) is 55.7. The van der Waals surface area contributed by atoms with Crippen LogP contribution in [-0.2, 0) is 10.8 Å². The Balaban J connectivity index is 0.940. The van der Waals surface area contributed by atoms with Crippen LogP contribution in [0.4, 0.5) is 51.2 Å². The molecule has 16 aromatic rings. The van der Waals surface area contributed by atoms with E-state index in [0.717, 1.165) is 73.3 Å². The molecule has 0 unspecified atom stereocenters. The fourth-order valence-electron chi connectivity index (χ4n) is 17.4. The summed E-state index contributed by atoms with van der Waals surface area (Å²) in [7, 11) is 0. The molecule has 4 aliphatic rings. The van der Waals surface area contributed by atoms with Gasteiger partial charge in [0.25, 0.3) is 13.4 Å². The van der Waals surface area contributed by atoms with Crippen molar-refractivity contribution in [2.75, 3.05) is 14.7 Å². The minimum absolute atomic E-state index is 0.173. The van der Waals surface area contributed by atoms with Gasteiger partial charge in [-0.3, -0.25) is 0 Å². The first-order valence-corrected chi connectivity index (χ1v) is 34.6. The number of para-hydroxylation sites is 3. The summed E-state index contributed by atoms with van der Waals surface area (Å²) in [5.74, 6) is 1.80. The highest BCUT2D eigenvalue weighted by Gasteiger charge is 2.49. The summed E-state index contributed by atoms with van der Waals surface area (Å²) in [6, 6.07) is 113. The van der Waals surface area contributed by atoms with Crippen molar-refractivity contribution >= 4 is 162 Å². The van der Waals surface area contributed by atoms with Gasteiger partial charge in [0, 0.05) is 56.6 Å². The van der Waals surface area contributed by atoms with Gasteiger partial charge in [-0.2, -0.15) is 0 Å². The van der Waals surface area contributed by atoms with Crippen LogP contribution in [0.25, 0.3) is 86.9 Å². The lowest BCUT2D eigenvalue weighted by atomic mass is 9.30. The highest BCUT2D eigenvalue weighted by atomic mass is 16.5. The Hall–Kier alpha value is -11.6. The molecule has 0 amide bonds. The van der Waals surface area contributed by atoms with Gasteiger partial charge in [0.15, 0.2) is 0 Å². The summed E-state index contributed by atoms with van der Waals surface area (Å²) in [6.45, 7) is 13.8. The third kappa shape index (κ3) is 8.27. The first kappa shape index (κ1) is 56.7. The van der Waals surface area contributed by atoms with Crippen LogP contribution in [0.3, 0.4) is 0 Å². The average molecular weight is 1250 g/mol. The van der Waals surface area contributed by atoms with Gasteiger partial charge < -0.3 is 19.4 Å². The molecule has 0 aliphatic carbocycles. The van der Waals surface area contributed by atoms with E-state index >= 15 is 0 Å². The van der Waals surface area contributed by atoms with E-state index in [0.29, 0.717) is 0 Å². The van der Waals surface area contributed by atoms with Crippen LogP contribution < -0.4 is 52.2 Å². The van der Waals surface area contributed by atoms with Crippen molar-refractivity contribution in [1.29, 1.82) is 0 Å². The highest BCUT2D eigenvalue weighted by Crippen LogP contribution is 2.54. The van der Waals surface area contributed by atoms with Gasteiger partial charge >= 0.3 is 0 Å². The minimum atomic E-state index is -0.268. The van der Waals surface area contributed by atoms with Crippen molar-refractivity contribution in [3.63, 3.8) is 0 Å². The normalized spacial score (nSPS) is 13.6. The van der Waals surface area contributed by atoms with Crippen LogP contribution >= 0.6 is 0 Å². The Bertz CT molecular complexity index is 5980. The molecule has 0 fully saturated rings. The Morgan fingerprint density at radius 2 is 0.643 bits per heavy atom. The maximum Gasteiger partial charge on any atom is 0.256 e. The average Bonchev–Trinajstić information content (AvgIpc) is 0.684. The van der Waals surface area contributed by atoms with Crippen LogP contribution in [0.1, 0.15) is 52.7 Å². The largest absolute Gasteiger partial charge is 0.458 e. The SMILES string of the molecule is CC(C)(C)c1cc2c3c(c1)N(c1ccc4c5ccccc5c5ccccc5c4c1)c1cc4c(cc1B3c1ccccc1O2)B1c2ccccc2N(c2ccc3c5ccccc5c5ccccc5c3c2)c2cc(C(C)(C)C)cc(c21)N4c1c(-c2ccccc2)cccc1-c1ccccc1. The van der Waals surface area contributed by atoms with Crippen LogP contribution in [0.15, 0.2) is 297 Å². The summed E-state index contributed by atoms with van der Waals surface area (Å²) in [5.41, 5.74) is 24.3. The van der Waals surface area contributed by atoms with E-state index in [4.69, 9.17) is 4.74 Å². The molecule has 0 radical (unpaired) electrons. The van der Waals surface area contributed by atoms with E-state index in [2.05, 4.69) is 353 Å². The van der Waals surface area contributed by atoms with E-state index in [-0.39, 0.29) is 24.3 Å². The second kappa shape index (κ2) is 21.0. The van der Waals surface area contributed by atoms with Gasteiger partial charge in [-0.05, 0) is 197 Å². The van der Waals surface area contributed by atoms with Crippen LogP contribution in [0.2, 0.25) is 0 Å². The van der Waals surface area contributed by atoms with Gasteiger partial charge in [0.1, 0.15) is 11.5 Å². The molecule has 98 heavy (non-hydrogen) atoms. The van der Waals surface area contributed by atoms with Gasteiger partial charge in [0.05, 0.1) is 5.69 Å². The van der Waals surface area contributed by atoms with Crippen LogP contribution in [0.5, 0.6) is 11.5 Å². The van der Waals surface area contributed by atoms with Crippen molar-refractivity contribution in [2.24, 2.45) is 0 Å². The summed E-state index contributed by atoms with van der Waals surface area (Å²) < 4.78 is 7.32. The molecule has 0 N–H and O–H groups in total. The number of benzene rings is 16. The van der Waals surface area contributed by atoms with Crippen molar-refractivity contribution in [2.45, 2.75) is 52.4 Å². The van der Waals surface area contributed by atoms with Crippen molar-refractivity contribution in [3.8, 4) is 33.8 Å². The molecule has 16 aromatic carbocycles. The molecule has 0 bridgehead atoms. The number of nitrogens with zero attached hydrogens (tertiary/aromatic N) is 3. The molecule has 462 valence electrons. The quantitative estimate of drug-likeness (QED) is 0.126. The summed E-state index contributed by atoms with van der Waals surface area (Å²) in [6.07, 6.45) is 0. The second-order valence-corrected chi connectivity index (χ2v) is 29.5. The number of anilines is 9. The van der Waals surface area contributed by atoms with Crippen LogP contribution in [0, 0.1) is 0 Å². The lowest BCUT2D eigenvalue weighted by molar-refractivity contribution is 0.483. The van der Waals surface area contributed by atoms with Crippen molar-refractivity contribution in [1.82, 2.24) is 0 Å². The molecule has 0 saturated heterocycles. The molecule has 0 saturated carbocycles. The number of rotatable bonds is 5. The van der Waals surface area contributed by atoms with E-state index in [1.807, 2.05) is 0 Å². The zero-order chi connectivity index (χ0) is 65.4. The van der Waals surface area contributed by atoms with E-state index in [1.165, 1.54) is 120 Å². The lowest BCUT2D eigenvalue weighted by Gasteiger charge is -2.47. The molecule has 0 spiro atoms. The molecule has 4 nitrogen and oxygen atoms in total. The topological polar surface area (TPSA) is 19.0 Å². The second-order valence-electron chi connectivity index (χ2n) is 29.5. The molecule has 0 aromatic heterocycles. The first-order valence-electron chi connectivity index (χ1n) is 34.6. The number of ether oxygens (including phenoxy) is 1. The molecule has 20 rings (SSSR count). The third-order valence-electron chi connectivity index (χ3n) is 21.9. The number of hydrogen-bond donors (Lipinski definition) is 0. The Kier molecular flexibility index (Phi) is 12.1. The lowest BCUT2D eigenvalue weighted by Crippen LogP contribution is -2.64. The minimum Gasteiger partial charge on any atom is -0.458 e. The molecule has 4 heterocycles. The number of fused-ring (bicyclic) bond motifs is 20. The number of hydrogen-bond acceptors (Lipinski definition) is 4. The van der Waals surface area contributed by atoms with E-state index in [1.54, 1.807) is 0 Å². The highest BCUT2D eigenvalue weighted by molar-refractivity contribution is 7.02. The van der Waals surface area contributed by atoms with Gasteiger partial charge in [-0.25, -0.2) is 0 Å². The molecular weight excluding hydrogens is 1180 g/mol. The Morgan fingerprint density at radius 1 is 0.255 bits per heavy atom. The fraction of sp³-hybridized carbons (Fsp3) is 0.0870. The van der Waals surface area contributed by atoms with Crippen LogP contribution in [-0.4, -0.2) is 13.4 Å².